The fourth-order valence-electron chi connectivity index (χ4n) is 1.58. The summed E-state index contributed by atoms with van der Waals surface area (Å²) in [5.74, 6) is -0.104. The second kappa shape index (κ2) is 5.84. The lowest BCUT2D eigenvalue weighted by Gasteiger charge is -2.08. The number of halogens is 2. The third-order valence-corrected chi connectivity index (χ3v) is 3.81. The van der Waals surface area contributed by atoms with E-state index in [1.165, 1.54) is 0 Å². The number of benzene rings is 2. The molecule has 0 radical (unpaired) electrons. The molecule has 0 aliphatic heterocycles. The molecular formula is C14H11BrINO. The van der Waals surface area contributed by atoms with Gasteiger partial charge in [-0.3, -0.25) is 4.79 Å². The zero-order chi connectivity index (χ0) is 13.1. The topological polar surface area (TPSA) is 29.1 Å². The number of anilines is 1. The quantitative estimate of drug-likeness (QED) is 0.712. The largest absolute Gasteiger partial charge is 0.322 e. The van der Waals surface area contributed by atoms with Crippen LogP contribution in [0.2, 0.25) is 0 Å². The summed E-state index contributed by atoms with van der Waals surface area (Å²) in [6, 6.07) is 13.4. The third kappa shape index (κ3) is 3.32. The van der Waals surface area contributed by atoms with Gasteiger partial charge in [0.15, 0.2) is 0 Å². The molecule has 1 N–H and O–H groups in total. The van der Waals surface area contributed by atoms with Gasteiger partial charge in [-0.1, -0.05) is 17.7 Å². The Balaban J connectivity index is 2.24. The molecule has 2 aromatic rings. The molecule has 0 aliphatic rings. The number of rotatable bonds is 2. The van der Waals surface area contributed by atoms with Crippen molar-refractivity contribution in [2.24, 2.45) is 0 Å². The number of aryl methyl sites for hydroxylation is 1. The average Bonchev–Trinajstić information content (AvgIpc) is 2.32. The maximum atomic E-state index is 12.2. The summed E-state index contributed by atoms with van der Waals surface area (Å²) in [5.41, 5.74) is 2.51. The number of nitrogens with one attached hydrogen (secondary N) is 1. The van der Waals surface area contributed by atoms with Crippen LogP contribution in [-0.4, -0.2) is 5.91 Å². The summed E-state index contributed by atoms with van der Waals surface area (Å²) in [4.78, 5) is 12.2. The Morgan fingerprint density at radius 1 is 1.22 bits per heavy atom. The highest BCUT2D eigenvalue weighted by atomic mass is 127. The summed E-state index contributed by atoms with van der Waals surface area (Å²) in [7, 11) is 0. The first-order valence-electron chi connectivity index (χ1n) is 5.39. The van der Waals surface area contributed by atoms with Crippen molar-refractivity contribution in [2.75, 3.05) is 5.32 Å². The second-order valence-corrected chi connectivity index (χ2v) is 6.05. The first kappa shape index (κ1) is 13.5. The van der Waals surface area contributed by atoms with Gasteiger partial charge < -0.3 is 5.32 Å². The van der Waals surface area contributed by atoms with E-state index in [9.17, 15) is 4.79 Å². The van der Waals surface area contributed by atoms with Crippen molar-refractivity contribution in [3.63, 3.8) is 0 Å². The predicted octanol–water partition coefficient (Wildman–Crippen LogP) is 4.61. The van der Waals surface area contributed by atoms with Crippen LogP contribution in [0.1, 0.15) is 15.9 Å². The van der Waals surface area contributed by atoms with E-state index in [2.05, 4.69) is 43.8 Å². The summed E-state index contributed by atoms with van der Waals surface area (Å²) >= 11 is 5.61. The Kier molecular flexibility index (Phi) is 4.40. The van der Waals surface area contributed by atoms with Crippen LogP contribution in [0.25, 0.3) is 0 Å². The van der Waals surface area contributed by atoms with Gasteiger partial charge in [0.05, 0.1) is 5.56 Å². The molecule has 2 rings (SSSR count). The lowest BCUT2D eigenvalue weighted by molar-refractivity contribution is 0.102. The highest BCUT2D eigenvalue weighted by Crippen LogP contribution is 2.20. The van der Waals surface area contributed by atoms with Crippen LogP contribution in [0.15, 0.2) is 46.9 Å². The molecule has 0 saturated carbocycles. The molecule has 92 valence electrons. The van der Waals surface area contributed by atoms with E-state index < -0.39 is 0 Å². The van der Waals surface area contributed by atoms with Gasteiger partial charge in [-0.2, -0.15) is 0 Å². The summed E-state index contributed by atoms with van der Waals surface area (Å²) in [6.07, 6.45) is 0. The SMILES string of the molecule is Cc1ccc(Br)c(C(=O)Nc2cccc(I)c2)c1. The van der Waals surface area contributed by atoms with Crippen molar-refractivity contribution in [2.45, 2.75) is 6.92 Å². The maximum absolute atomic E-state index is 12.2. The molecule has 0 aliphatic carbocycles. The molecule has 1 amide bonds. The Labute approximate surface area is 128 Å². The zero-order valence-corrected chi connectivity index (χ0v) is 13.4. The van der Waals surface area contributed by atoms with Crippen LogP contribution >= 0.6 is 38.5 Å². The van der Waals surface area contributed by atoms with Crippen molar-refractivity contribution in [1.29, 1.82) is 0 Å². The predicted molar refractivity (Wildman–Crippen MR) is 86.0 cm³/mol. The Hall–Kier alpha value is -0.880. The minimum Gasteiger partial charge on any atom is -0.322 e. The second-order valence-electron chi connectivity index (χ2n) is 3.95. The van der Waals surface area contributed by atoms with Crippen molar-refractivity contribution < 1.29 is 4.79 Å². The molecule has 0 unspecified atom stereocenters. The van der Waals surface area contributed by atoms with Gasteiger partial charge in [0.2, 0.25) is 0 Å². The smallest absolute Gasteiger partial charge is 0.256 e. The zero-order valence-electron chi connectivity index (χ0n) is 9.71. The van der Waals surface area contributed by atoms with E-state index in [4.69, 9.17) is 0 Å². The van der Waals surface area contributed by atoms with Crippen molar-refractivity contribution in [3.8, 4) is 0 Å². The van der Waals surface area contributed by atoms with Crippen LogP contribution in [0.5, 0.6) is 0 Å². The first-order valence-corrected chi connectivity index (χ1v) is 7.26. The fourth-order valence-corrected chi connectivity index (χ4v) is 2.55. The molecule has 2 aromatic carbocycles. The molecule has 0 heterocycles. The van der Waals surface area contributed by atoms with Crippen LogP contribution < -0.4 is 5.32 Å². The molecule has 0 saturated heterocycles. The number of hydrogen-bond acceptors (Lipinski definition) is 1. The van der Waals surface area contributed by atoms with Gasteiger partial charge in [0.25, 0.3) is 5.91 Å². The number of carbonyl (C=O) groups excluding carboxylic acids is 1. The van der Waals surface area contributed by atoms with E-state index >= 15 is 0 Å². The van der Waals surface area contributed by atoms with Crippen LogP contribution in [-0.2, 0) is 0 Å². The third-order valence-electron chi connectivity index (χ3n) is 2.45. The number of carbonyl (C=O) groups is 1. The Morgan fingerprint density at radius 3 is 2.72 bits per heavy atom. The molecule has 2 nitrogen and oxygen atoms in total. The van der Waals surface area contributed by atoms with Crippen molar-refractivity contribution in [1.82, 2.24) is 0 Å². The molecule has 0 bridgehead atoms. The van der Waals surface area contributed by atoms with Gasteiger partial charge in [-0.05, 0) is 75.8 Å². The molecular weight excluding hydrogens is 405 g/mol. The monoisotopic (exact) mass is 415 g/mol. The summed E-state index contributed by atoms with van der Waals surface area (Å²) in [6.45, 7) is 1.97. The summed E-state index contributed by atoms with van der Waals surface area (Å²) < 4.78 is 1.89. The Morgan fingerprint density at radius 2 is 2.00 bits per heavy atom. The molecule has 18 heavy (non-hydrogen) atoms. The number of hydrogen-bond donors (Lipinski definition) is 1. The van der Waals surface area contributed by atoms with Gasteiger partial charge in [-0.15, -0.1) is 0 Å². The molecule has 0 spiro atoms. The molecule has 0 atom stereocenters. The number of amides is 1. The van der Waals surface area contributed by atoms with Gasteiger partial charge in [0.1, 0.15) is 0 Å². The average molecular weight is 416 g/mol. The normalized spacial score (nSPS) is 10.2. The molecule has 4 heteroatoms. The highest BCUT2D eigenvalue weighted by molar-refractivity contribution is 14.1. The maximum Gasteiger partial charge on any atom is 0.256 e. The van der Waals surface area contributed by atoms with E-state index in [-0.39, 0.29) is 5.91 Å². The van der Waals surface area contributed by atoms with Crippen molar-refractivity contribution in [3.05, 3.63) is 61.6 Å². The van der Waals surface area contributed by atoms with Gasteiger partial charge in [-0.25, -0.2) is 0 Å². The fraction of sp³-hybridized carbons (Fsp3) is 0.0714. The standard InChI is InChI=1S/C14H11BrINO/c1-9-5-6-13(15)12(7-9)14(18)17-11-4-2-3-10(16)8-11/h2-8H,1H3,(H,17,18). The molecule has 0 aromatic heterocycles. The lowest BCUT2D eigenvalue weighted by Crippen LogP contribution is -2.12. The van der Waals surface area contributed by atoms with Crippen LogP contribution in [0.4, 0.5) is 5.69 Å². The van der Waals surface area contributed by atoms with E-state index in [1.807, 2.05) is 49.4 Å². The van der Waals surface area contributed by atoms with Crippen LogP contribution in [0.3, 0.4) is 0 Å². The molecule has 0 fully saturated rings. The van der Waals surface area contributed by atoms with Gasteiger partial charge in [0, 0.05) is 13.7 Å². The minimum atomic E-state index is -0.104. The van der Waals surface area contributed by atoms with E-state index in [0.29, 0.717) is 5.56 Å². The summed E-state index contributed by atoms with van der Waals surface area (Å²) in [5, 5.41) is 2.89. The minimum absolute atomic E-state index is 0.104. The lowest BCUT2D eigenvalue weighted by atomic mass is 10.1. The Bertz CT molecular complexity index is 598. The first-order chi connectivity index (χ1) is 8.56. The van der Waals surface area contributed by atoms with Crippen molar-refractivity contribution >= 4 is 50.1 Å². The van der Waals surface area contributed by atoms with E-state index in [0.717, 1.165) is 19.3 Å². The highest BCUT2D eigenvalue weighted by Gasteiger charge is 2.10. The van der Waals surface area contributed by atoms with E-state index in [1.54, 1.807) is 0 Å². The van der Waals surface area contributed by atoms with Crippen LogP contribution in [0, 0.1) is 10.5 Å². The van der Waals surface area contributed by atoms with Gasteiger partial charge >= 0.3 is 0 Å².